The predicted octanol–water partition coefficient (Wildman–Crippen LogP) is -0.116. The van der Waals surface area contributed by atoms with Crippen molar-refractivity contribution in [3.8, 4) is 0 Å². The topological polar surface area (TPSA) is 67.0 Å². The van der Waals surface area contributed by atoms with Gasteiger partial charge in [-0.15, -0.1) is 0 Å². The zero-order valence-corrected chi connectivity index (χ0v) is 7.39. The van der Waals surface area contributed by atoms with E-state index in [9.17, 15) is 4.79 Å². The third-order valence-electron chi connectivity index (χ3n) is 2.10. The Morgan fingerprint density at radius 2 is 2.46 bits per heavy atom. The minimum absolute atomic E-state index is 0.301. The van der Waals surface area contributed by atoms with Crippen LogP contribution >= 0.6 is 0 Å². The molecule has 0 saturated heterocycles. The highest BCUT2D eigenvalue weighted by Crippen LogP contribution is 2.18. The van der Waals surface area contributed by atoms with Crippen LogP contribution in [0.1, 0.15) is 11.3 Å². The first-order valence-corrected chi connectivity index (χ1v) is 4.19. The molecule has 1 aromatic heterocycles. The highest BCUT2D eigenvalue weighted by atomic mass is 16.5. The maximum Gasteiger partial charge on any atom is 0.347 e. The lowest BCUT2D eigenvalue weighted by atomic mass is 10.1. The van der Waals surface area contributed by atoms with Gasteiger partial charge >= 0.3 is 5.69 Å². The van der Waals surface area contributed by atoms with Crippen molar-refractivity contribution < 1.29 is 4.74 Å². The Balaban J connectivity index is 2.57. The van der Waals surface area contributed by atoms with Gasteiger partial charge in [0.05, 0.1) is 13.2 Å². The summed E-state index contributed by atoms with van der Waals surface area (Å²) >= 11 is 0. The van der Waals surface area contributed by atoms with Gasteiger partial charge in [0.2, 0.25) is 0 Å². The Morgan fingerprint density at radius 3 is 3.23 bits per heavy atom. The first-order valence-electron chi connectivity index (χ1n) is 4.19. The minimum atomic E-state index is -0.301. The van der Waals surface area contributed by atoms with E-state index in [1.165, 1.54) is 0 Å². The number of hydrogen-bond acceptors (Lipinski definition) is 4. The number of ether oxygens (including phenoxy) is 1. The summed E-state index contributed by atoms with van der Waals surface area (Å²) < 4.78 is 5.28. The molecular weight excluding hydrogens is 170 g/mol. The number of rotatable bonds is 1. The number of anilines is 1. The van der Waals surface area contributed by atoms with E-state index in [0.29, 0.717) is 19.0 Å². The van der Waals surface area contributed by atoms with Crippen LogP contribution in [-0.2, 0) is 17.8 Å². The molecule has 2 rings (SSSR count). The second-order valence-electron chi connectivity index (χ2n) is 2.90. The van der Waals surface area contributed by atoms with E-state index in [2.05, 4.69) is 15.3 Å². The van der Waals surface area contributed by atoms with E-state index >= 15 is 0 Å². The number of nitrogens with one attached hydrogen (secondary N) is 2. The second-order valence-corrected chi connectivity index (χ2v) is 2.90. The molecule has 0 saturated carbocycles. The molecule has 0 bridgehead atoms. The van der Waals surface area contributed by atoms with Gasteiger partial charge in [-0.2, -0.15) is 4.98 Å². The maximum atomic E-state index is 11.1. The SMILES string of the molecule is CNc1nc(=O)[nH]c2c1COCC2. The minimum Gasteiger partial charge on any atom is -0.376 e. The number of nitrogens with zero attached hydrogens (tertiary/aromatic N) is 1. The summed E-state index contributed by atoms with van der Waals surface area (Å²) in [5.74, 6) is 0.624. The Morgan fingerprint density at radius 1 is 1.62 bits per heavy atom. The van der Waals surface area contributed by atoms with E-state index in [-0.39, 0.29) is 5.69 Å². The highest BCUT2D eigenvalue weighted by molar-refractivity contribution is 5.45. The van der Waals surface area contributed by atoms with Crippen LogP contribution in [0.4, 0.5) is 5.82 Å². The molecule has 0 aliphatic carbocycles. The van der Waals surface area contributed by atoms with Crippen molar-refractivity contribution in [3.63, 3.8) is 0 Å². The molecule has 1 aromatic rings. The van der Waals surface area contributed by atoms with Gasteiger partial charge in [0, 0.05) is 24.7 Å². The van der Waals surface area contributed by atoms with Gasteiger partial charge < -0.3 is 15.0 Å². The molecule has 2 heterocycles. The molecule has 0 fully saturated rings. The molecule has 2 N–H and O–H groups in total. The summed E-state index contributed by atoms with van der Waals surface area (Å²) in [5.41, 5.74) is 1.61. The van der Waals surface area contributed by atoms with Crippen molar-refractivity contribution in [2.75, 3.05) is 19.0 Å². The van der Waals surface area contributed by atoms with E-state index in [1.54, 1.807) is 7.05 Å². The molecule has 0 amide bonds. The number of aromatic nitrogens is 2. The van der Waals surface area contributed by atoms with Crippen molar-refractivity contribution in [2.45, 2.75) is 13.0 Å². The number of aromatic amines is 1. The third kappa shape index (κ3) is 1.42. The van der Waals surface area contributed by atoms with Crippen molar-refractivity contribution in [1.29, 1.82) is 0 Å². The zero-order valence-electron chi connectivity index (χ0n) is 7.39. The summed E-state index contributed by atoms with van der Waals surface area (Å²) in [6, 6.07) is 0. The first kappa shape index (κ1) is 8.25. The number of hydrogen-bond donors (Lipinski definition) is 2. The quantitative estimate of drug-likeness (QED) is 0.634. The Labute approximate surface area is 75.1 Å². The molecule has 1 aliphatic rings. The van der Waals surface area contributed by atoms with Crippen LogP contribution in [0.5, 0.6) is 0 Å². The Hall–Kier alpha value is -1.36. The fourth-order valence-corrected chi connectivity index (χ4v) is 1.47. The summed E-state index contributed by atoms with van der Waals surface area (Å²) in [6.07, 6.45) is 0.752. The molecule has 0 atom stereocenters. The van der Waals surface area contributed by atoms with Gasteiger partial charge in [0.15, 0.2) is 0 Å². The van der Waals surface area contributed by atoms with Gasteiger partial charge in [-0.3, -0.25) is 0 Å². The monoisotopic (exact) mass is 181 g/mol. The van der Waals surface area contributed by atoms with Crippen molar-refractivity contribution >= 4 is 5.82 Å². The average Bonchev–Trinajstić information content (AvgIpc) is 2.16. The summed E-state index contributed by atoms with van der Waals surface area (Å²) in [4.78, 5) is 17.6. The Kier molecular flexibility index (Phi) is 2.02. The van der Waals surface area contributed by atoms with E-state index < -0.39 is 0 Å². The molecule has 1 aliphatic heterocycles. The van der Waals surface area contributed by atoms with Gasteiger partial charge in [-0.1, -0.05) is 0 Å². The smallest absolute Gasteiger partial charge is 0.347 e. The molecule has 5 nitrogen and oxygen atoms in total. The highest BCUT2D eigenvalue weighted by Gasteiger charge is 2.15. The zero-order chi connectivity index (χ0) is 9.26. The molecule has 0 aromatic carbocycles. The van der Waals surface area contributed by atoms with Gasteiger partial charge in [0.1, 0.15) is 5.82 Å². The fraction of sp³-hybridized carbons (Fsp3) is 0.500. The summed E-state index contributed by atoms with van der Waals surface area (Å²) in [6.45, 7) is 1.19. The van der Waals surface area contributed by atoms with Crippen LogP contribution in [0.2, 0.25) is 0 Å². The predicted molar refractivity (Wildman–Crippen MR) is 47.8 cm³/mol. The number of H-pyrrole nitrogens is 1. The largest absolute Gasteiger partial charge is 0.376 e. The van der Waals surface area contributed by atoms with Crippen LogP contribution in [0, 0.1) is 0 Å². The van der Waals surface area contributed by atoms with Crippen LogP contribution < -0.4 is 11.0 Å². The molecule has 0 spiro atoms. The molecule has 5 heteroatoms. The molecule has 70 valence electrons. The summed E-state index contributed by atoms with van der Waals surface area (Å²) in [5, 5.41) is 2.88. The fourth-order valence-electron chi connectivity index (χ4n) is 1.47. The average molecular weight is 181 g/mol. The third-order valence-corrected chi connectivity index (χ3v) is 2.10. The van der Waals surface area contributed by atoms with E-state index in [1.807, 2.05) is 0 Å². The lowest BCUT2D eigenvalue weighted by Gasteiger charge is -2.17. The van der Waals surface area contributed by atoms with Crippen LogP contribution in [0.15, 0.2) is 4.79 Å². The first-order chi connectivity index (χ1) is 6.31. The van der Waals surface area contributed by atoms with Gasteiger partial charge in [-0.25, -0.2) is 4.79 Å². The normalized spacial score (nSPS) is 15.2. The van der Waals surface area contributed by atoms with Crippen LogP contribution in [-0.4, -0.2) is 23.6 Å². The van der Waals surface area contributed by atoms with Crippen molar-refractivity contribution in [1.82, 2.24) is 9.97 Å². The lowest BCUT2D eigenvalue weighted by Crippen LogP contribution is -2.22. The summed E-state index contributed by atoms with van der Waals surface area (Å²) in [7, 11) is 1.75. The molecule has 0 radical (unpaired) electrons. The molecule has 0 unspecified atom stereocenters. The maximum absolute atomic E-state index is 11.1. The van der Waals surface area contributed by atoms with Crippen LogP contribution in [0.3, 0.4) is 0 Å². The van der Waals surface area contributed by atoms with Crippen molar-refractivity contribution in [3.05, 3.63) is 21.7 Å². The van der Waals surface area contributed by atoms with Gasteiger partial charge in [-0.05, 0) is 0 Å². The standard InChI is InChI=1S/C8H11N3O2/c1-9-7-5-4-13-3-2-6(5)10-8(12)11-7/h2-4H2,1H3,(H2,9,10,11,12). The van der Waals surface area contributed by atoms with Crippen molar-refractivity contribution in [2.24, 2.45) is 0 Å². The van der Waals surface area contributed by atoms with E-state index in [0.717, 1.165) is 17.7 Å². The van der Waals surface area contributed by atoms with Crippen LogP contribution in [0.25, 0.3) is 0 Å². The lowest BCUT2D eigenvalue weighted by molar-refractivity contribution is 0.109. The second kappa shape index (κ2) is 3.18. The molecular formula is C8H11N3O2. The van der Waals surface area contributed by atoms with Gasteiger partial charge in [0.25, 0.3) is 0 Å². The molecule has 13 heavy (non-hydrogen) atoms. The Bertz CT molecular complexity index is 352. The number of fused-ring (bicyclic) bond motifs is 1. The van der Waals surface area contributed by atoms with E-state index in [4.69, 9.17) is 4.74 Å².